The van der Waals surface area contributed by atoms with E-state index in [9.17, 15) is 9.59 Å². The summed E-state index contributed by atoms with van der Waals surface area (Å²) in [5.41, 5.74) is 0. The molecule has 0 aliphatic heterocycles. The van der Waals surface area contributed by atoms with Gasteiger partial charge in [-0.05, 0) is 0 Å². The number of carbonyl (C=O) groups excluding carboxylic acids is 2. The van der Waals surface area contributed by atoms with Gasteiger partial charge in [-0.2, -0.15) is 25.3 Å². The third kappa shape index (κ3) is 7.56. The number of carbonyl (C=O) groups is 2. The van der Waals surface area contributed by atoms with Crippen LogP contribution in [-0.4, -0.2) is 29.7 Å². The first-order valence-electron chi connectivity index (χ1n) is 4.74. The molecule has 88 valence electrons. The first kappa shape index (κ1) is 14.6. The minimum absolute atomic E-state index is 0.212. The van der Waals surface area contributed by atoms with Crippen molar-refractivity contribution < 1.29 is 19.1 Å². The van der Waals surface area contributed by atoms with Crippen molar-refractivity contribution in [3.05, 3.63) is 0 Å². The summed E-state index contributed by atoms with van der Waals surface area (Å²) in [5, 5.41) is 0. The zero-order chi connectivity index (χ0) is 11.7. The van der Waals surface area contributed by atoms with Crippen molar-refractivity contribution in [1.29, 1.82) is 0 Å². The highest BCUT2D eigenvalue weighted by Gasteiger charge is 2.15. The summed E-state index contributed by atoms with van der Waals surface area (Å²) >= 11 is 7.79. The molecule has 0 aromatic heterocycles. The number of hydrogen-bond donors (Lipinski definition) is 2. The highest BCUT2D eigenvalue weighted by atomic mass is 32.1. The lowest BCUT2D eigenvalue weighted by atomic mass is 10.4. The number of esters is 2. The van der Waals surface area contributed by atoms with E-state index in [-0.39, 0.29) is 12.8 Å². The molecule has 0 bridgehead atoms. The van der Waals surface area contributed by atoms with Crippen LogP contribution in [0.1, 0.15) is 26.2 Å². The zero-order valence-corrected chi connectivity index (χ0v) is 10.4. The van der Waals surface area contributed by atoms with Gasteiger partial charge in [0, 0.05) is 17.9 Å². The van der Waals surface area contributed by atoms with Gasteiger partial charge < -0.3 is 9.47 Å². The van der Waals surface area contributed by atoms with E-state index in [1.54, 1.807) is 6.92 Å². The first-order chi connectivity index (χ1) is 7.13. The van der Waals surface area contributed by atoms with Gasteiger partial charge in [0.2, 0.25) is 6.29 Å². The molecule has 6 heteroatoms. The molecular weight excluding hydrogens is 236 g/mol. The predicted octanol–water partition coefficient (Wildman–Crippen LogP) is 1.45. The van der Waals surface area contributed by atoms with Crippen LogP contribution in [0.5, 0.6) is 0 Å². The highest BCUT2D eigenvalue weighted by Crippen LogP contribution is 2.05. The summed E-state index contributed by atoms with van der Waals surface area (Å²) in [7, 11) is 0. The summed E-state index contributed by atoms with van der Waals surface area (Å²) in [6, 6.07) is 0. The fourth-order valence-electron chi connectivity index (χ4n) is 0.784. The van der Waals surface area contributed by atoms with Crippen LogP contribution in [0, 0.1) is 0 Å². The topological polar surface area (TPSA) is 52.6 Å². The molecule has 0 saturated heterocycles. The van der Waals surface area contributed by atoms with E-state index in [2.05, 4.69) is 25.3 Å². The Bertz CT molecular complexity index is 188. The van der Waals surface area contributed by atoms with Gasteiger partial charge >= 0.3 is 11.9 Å². The lowest BCUT2D eigenvalue weighted by Crippen LogP contribution is -2.24. The maximum atomic E-state index is 11.1. The molecule has 0 heterocycles. The molecule has 0 radical (unpaired) electrons. The molecule has 0 unspecified atom stereocenters. The number of thiol groups is 2. The fraction of sp³-hybridized carbons (Fsp3) is 0.778. The van der Waals surface area contributed by atoms with Gasteiger partial charge in [-0.25, -0.2) is 0 Å². The molecule has 0 N–H and O–H groups in total. The quantitative estimate of drug-likeness (QED) is 0.409. The lowest BCUT2D eigenvalue weighted by Gasteiger charge is -2.16. The molecule has 0 aliphatic rings. The zero-order valence-electron chi connectivity index (χ0n) is 8.64. The summed E-state index contributed by atoms with van der Waals surface area (Å²) in [4.78, 5) is 22.1. The minimum atomic E-state index is -0.787. The molecule has 0 rings (SSSR count). The Morgan fingerprint density at radius 2 is 1.47 bits per heavy atom. The standard InChI is InChI=1S/C9H16O4S2/c1-2-9(12-7(10)3-5-14)13-8(11)4-6-15/h9,14-15H,2-6H2,1H3. The average Bonchev–Trinajstić information content (AvgIpc) is 2.17. The minimum Gasteiger partial charge on any atom is -0.425 e. The number of ether oxygens (including phenoxy) is 2. The number of hydrogen-bond acceptors (Lipinski definition) is 6. The van der Waals surface area contributed by atoms with E-state index >= 15 is 0 Å². The van der Waals surface area contributed by atoms with E-state index in [0.29, 0.717) is 17.9 Å². The van der Waals surface area contributed by atoms with Gasteiger partial charge in [0.25, 0.3) is 0 Å². The lowest BCUT2D eigenvalue weighted by molar-refractivity contribution is -0.187. The van der Waals surface area contributed by atoms with Crippen LogP contribution in [0.25, 0.3) is 0 Å². The summed E-state index contributed by atoms with van der Waals surface area (Å²) in [6.07, 6.45) is 0.0779. The van der Waals surface area contributed by atoms with Gasteiger partial charge in [0.1, 0.15) is 0 Å². The first-order valence-corrected chi connectivity index (χ1v) is 6.01. The molecule has 0 saturated carbocycles. The van der Waals surface area contributed by atoms with E-state index in [0.717, 1.165) is 0 Å². The third-order valence-corrected chi connectivity index (χ3v) is 1.94. The normalized spacial score (nSPS) is 10.1. The van der Waals surface area contributed by atoms with E-state index in [1.165, 1.54) is 0 Å². The molecule has 0 aromatic rings. The van der Waals surface area contributed by atoms with Crippen molar-refractivity contribution in [1.82, 2.24) is 0 Å². The second kappa shape index (κ2) is 8.91. The molecule has 0 spiro atoms. The molecule has 0 atom stereocenters. The number of rotatable bonds is 7. The maximum Gasteiger partial charge on any atom is 0.309 e. The Hall–Kier alpha value is -0.360. The SMILES string of the molecule is CCC(OC(=O)CCS)OC(=O)CCS. The smallest absolute Gasteiger partial charge is 0.309 e. The predicted molar refractivity (Wildman–Crippen MR) is 63.2 cm³/mol. The van der Waals surface area contributed by atoms with Crippen molar-refractivity contribution in [2.45, 2.75) is 32.5 Å². The Labute approximate surface area is 101 Å². The van der Waals surface area contributed by atoms with E-state index in [4.69, 9.17) is 9.47 Å². The Balaban J connectivity index is 3.91. The van der Waals surface area contributed by atoms with Gasteiger partial charge in [-0.1, -0.05) is 6.92 Å². The van der Waals surface area contributed by atoms with Crippen LogP contribution >= 0.6 is 25.3 Å². The van der Waals surface area contributed by atoms with Crippen molar-refractivity contribution >= 4 is 37.2 Å². The van der Waals surface area contributed by atoms with Crippen LogP contribution in [0.4, 0.5) is 0 Å². The second-order valence-corrected chi connectivity index (χ2v) is 3.66. The van der Waals surface area contributed by atoms with E-state index < -0.39 is 18.2 Å². The van der Waals surface area contributed by atoms with Crippen molar-refractivity contribution in [2.75, 3.05) is 11.5 Å². The second-order valence-electron chi connectivity index (χ2n) is 2.76. The summed E-state index contributed by atoms with van der Waals surface area (Å²) in [5.74, 6) is 0.0192. The highest BCUT2D eigenvalue weighted by molar-refractivity contribution is 7.80. The van der Waals surface area contributed by atoms with E-state index in [1.807, 2.05) is 0 Å². The molecule has 0 fully saturated rings. The van der Waals surface area contributed by atoms with Crippen LogP contribution in [0.3, 0.4) is 0 Å². The molecular formula is C9H16O4S2. The Morgan fingerprint density at radius 1 is 1.07 bits per heavy atom. The summed E-state index contributed by atoms with van der Waals surface area (Å²) in [6.45, 7) is 1.77. The molecule has 15 heavy (non-hydrogen) atoms. The van der Waals surface area contributed by atoms with Gasteiger partial charge in [-0.3, -0.25) is 9.59 Å². The molecule has 0 amide bonds. The average molecular weight is 252 g/mol. The molecule has 4 nitrogen and oxygen atoms in total. The van der Waals surface area contributed by atoms with Gasteiger partial charge in [0.15, 0.2) is 0 Å². The Morgan fingerprint density at radius 3 is 1.73 bits per heavy atom. The van der Waals surface area contributed by atoms with Crippen molar-refractivity contribution in [2.24, 2.45) is 0 Å². The monoisotopic (exact) mass is 252 g/mol. The Kier molecular flexibility index (Phi) is 8.70. The van der Waals surface area contributed by atoms with Gasteiger partial charge in [0.05, 0.1) is 12.8 Å². The molecule has 0 aromatic carbocycles. The van der Waals surface area contributed by atoms with Crippen LogP contribution in [0.15, 0.2) is 0 Å². The van der Waals surface area contributed by atoms with Crippen molar-refractivity contribution in [3.63, 3.8) is 0 Å². The summed E-state index contributed by atoms with van der Waals surface area (Å²) < 4.78 is 9.80. The van der Waals surface area contributed by atoms with Crippen LogP contribution in [0.2, 0.25) is 0 Å². The van der Waals surface area contributed by atoms with Gasteiger partial charge in [-0.15, -0.1) is 0 Å². The van der Waals surface area contributed by atoms with Crippen molar-refractivity contribution in [3.8, 4) is 0 Å². The fourth-order valence-corrected chi connectivity index (χ4v) is 1.15. The molecule has 0 aliphatic carbocycles. The third-order valence-electron chi connectivity index (χ3n) is 1.49. The maximum absolute atomic E-state index is 11.1. The largest absolute Gasteiger partial charge is 0.425 e. The van der Waals surface area contributed by atoms with Crippen LogP contribution < -0.4 is 0 Å². The van der Waals surface area contributed by atoms with Crippen LogP contribution in [-0.2, 0) is 19.1 Å².